The van der Waals surface area contributed by atoms with Crippen molar-refractivity contribution < 1.29 is 9.59 Å². The van der Waals surface area contributed by atoms with Crippen LogP contribution in [0.4, 0.5) is 0 Å². The van der Waals surface area contributed by atoms with E-state index in [0.717, 1.165) is 36.1 Å². The van der Waals surface area contributed by atoms with Gasteiger partial charge in [-0.1, -0.05) is 44.2 Å². The summed E-state index contributed by atoms with van der Waals surface area (Å²) in [6.45, 7) is 6.10. The molecule has 5 heteroatoms. The maximum atomic E-state index is 13.1. The Bertz CT molecular complexity index is 789. The standard InChI is InChI=1S/C23H29N3O2/c1-3-6-22(27)26-15-14-25(13-4-2)23(28)21(26)16-18-8-10-19(11-9-18)20-7-5-12-24-17-20/h5,7-12,17,21H,3-4,6,13-16H2,1-2H3/t21-/m1/s1. The summed E-state index contributed by atoms with van der Waals surface area (Å²) < 4.78 is 0. The lowest BCUT2D eigenvalue weighted by Crippen LogP contribution is -2.59. The molecule has 1 fully saturated rings. The van der Waals surface area contributed by atoms with Crippen LogP contribution in [0, 0.1) is 0 Å². The van der Waals surface area contributed by atoms with E-state index in [-0.39, 0.29) is 11.8 Å². The Balaban J connectivity index is 1.79. The minimum atomic E-state index is -0.399. The molecule has 3 rings (SSSR count). The highest BCUT2D eigenvalue weighted by Crippen LogP contribution is 2.22. The molecule has 1 saturated heterocycles. The molecule has 1 atom stereocenters. The van der Waals surface area contributed by atoms with E-state index < -0.39 is 6.04 Å². The fourth-order valence-corrected chi connectivity index (χ4v) is 3.77. The third-order valence-electron chi connectivity index (χ3n) is 5.24. The van der Waals surface area contributed by atoms with Gasteiger partial charge < -0.3 is 9.80 Å². The second kappa shape index (κ2) is 9.49. The molecule has 0 saturated carbocycles. The van der Waals surface area contributed by atoms with E-state index in [2.05, 4.69) is 36.2 Å². The van der Waals surface area contributed by atoms with Crippen molar-refractivity contribution in [2.24, 2.45) is 0 Å². The Labute approximate surface area is 167 Å². The summed E-state index contributed by atoms with van der Waals surface area (Å²) >= 11 is 0. The topological polar surface area (TPSA) is 53.5 Å². The van der Waals surface area contributed by atoms with Crippen LogP contribution in [0.2, 0.25) is 0 Å². The smallest absolute Gasteiger partial charge is 0.245 e. The second-order valence-electron chi connectivity index (χ2n) is 7.32. The van der Waals surface area contributed by atoms with Crippen molar-refractivity contribution in [3.8, 4) is 11.1 Å². The van der Waals surface area contributed by atoms with Gasteiger partial charge in [-0.05, 0) is 35.6 Å². The Morgan fingerprint density at radius 3 is 2.50 bits per heavy atom. The van der Waals surface area contributed by atoms with Crippen LogP contribution >= 0.6 is 0 Å². The Morgan fingerprint density at radius 1 is 1.07 bits per heavy atom. The molecule has 2 amide bonds. The number of hydrogen-bond acceptors (Lipinski definition) is 3. The molecular formula is C23H29N3O2. The fourth-order valence-electron chi connectivity index (χ4n) is 3.77. The molecule has 1 aliphatic heterocycles. The van der Waals surface area contributed by atoms with Crippen molar-refractivity contribution in [1.29, 1.82) is 0 Å². The normalized spacial score (nSPS) is 17.1. The zero-order chi connectivity index (χ0) is 19.9. The van der Waals surface area contributed by atoms with Crippen molar-refractivity contribution >= 4 is 11.8 Å². The van der Waals surface area contributed by atoms with Gasteiger partial charge in [0, 0.05) is 44.9 Å². The number of amides is 2. The number of nitrogens with zero attached hydrogens (tertiary/aromatic N) is 3. The van der Waals surface area contributed by atoms with Crippen LogP contribution in [0.5, 0.6) is 0 Å². The van der Waals surface area contributed by atoms with Crippen molar-refractivity contribution in [2.45, 2.75) is 45.6 Å². The number of piperazine rings is 1. The van der Waals surface area contributed by atoms with Gasteiger partial charge in [0.2, 0.25) is 11.8 Å². The molecule has 0 radical (unpaired) electrons. The molecule has 2 heterocycles. The van der Waals surface area contributed by atoms with Gasteiger partial charge >= 0.3 is 0 Å². The molecule has 1 aromatic heterocycles. The first-order valence-electron chi connectivity index (χ1n) is 10.2. The molecular weight excluding hydrogens is 350 g/mol. The number of pyridine rings is 1. The molecule has 0 spiro atoms. The molecule has 0 aliphatic carbocycles. The van der Waals surface area contributed by atoms with Crippen molar-refractivity contribution in [1.82, 2.24) is 14.8 Å². The summed E-state index contributed by atoms with van der Waals surface area (Å²) in [5.74, 6) is 0.165. The zero-order valence-electron chi connectivity index (χ0n) is 16.8. The van der Waals surface area contributed by atoms with Crippen molar-refractivity contribution in [3.05, 3.63) is 54.4 Å². The van der Waals surface area contributed by atoms with Crippen LogP contribution in [-0.2, 0) is 16.0 Å². The van der Waals surface area contributed by atoms with E-state index in [9.17, 15) is 9.59 Å². The van der Waals surface area contributed by atoms with Gasteiger partial charge in [-0.25, -0.2) is 0 Å². The van der Waals surface area contributed by atoms with Gasteiger partial charge in [0.25, 0.3) is 0 Å². The molecule has 1 aliphatic rings. The SMILES string of the molecule is CCCC(=O)N1CCN(CCC)C(=O)[C@H]1Cc1ccc(-c2cccnc2)cc1. The summed E-state index contributed by atoms with van der Waals surface area (Å²) in [5, 5.41) is 0. The van der Waals surface area contributed by atoms with E-state index in [1.165, 1.54) is 0 Å². The highest BCUT2D eigenvalue weighted by molar-refractivity contribution is 5.89. The number of hydrogen-bond donors (Lipinski definition) is 0. The molecule has 5 nitrogen and oxygen atoms in total. The predicted molar refractivity (Wildman–Crippen MR) is 111 cm³/mol. The van der Waals surface area contributed by atoms with E-state index in [1.807, 2.05) is 30.2 Å². The summed E-state index contributed by atoms with van der Waals surface area (Å²) in [7, 11) is 0. The lowest BCUT2D eigenvalue weighted by molar-refractivity contribution is -0.151. The van der Waals surface area contributed by atoms with Gasteiger partial charge in [-0.3, -0.25) is 14.6 Å². The maximum absolute atomic E-state index is 13.1. The van der Waals surface area contributed by atoms with Crippen LogP contribution in [0.15, 0.2) is 48.8 Å². The number of benzene rings is 1. The summed E-state index contributed by atoms with van der Waals surface area (Å²) in [6.07, 6.45) is 6.39. The Hall–Kier alpha value is -2.69. The Morgan fingerprint density at radius 2 is 1.86 bits per heavy atom. The largest absolute Gasteiger partial charge is 0.339 e. The van der Waals surface area contributed by atoms with Gasteiger partial charge in [-0.15, -0.1) is 0 Å². The summed E-state index contributed by atoms with van der Waals surface area (Å²) in [5.41, 5.74) is 3.23. The summed E-state index contributed by atoms with van der Waals surface area (Å²) in [4.78, 5) is 33.5. The highest BCUT2D eigenvalue weighted by Gasteiger charge is 2.36. The number of rotatable bonds is 7. The second-order valence-corrected chi connectivity index (χ2v) is 7.32. The maximum Gasteiger partial charge on any atom is 0.245 e. The Kier molecular flexibility index (Phi) is 6.80. The average molecular weight is 380 g/mol. The van der Waals surface area contributed by atoms with Crippen LogP contribution in [0.1, 0.15) is 38.7 Å². The first kappa shape index (κ1) is 20.1. The number of aromatic nitrogens is 1. The zero-order valence-corrected chi connectivity index (χ0v) is 16.8. The lowest BCUT2D eigenvalue weighted by Gasteiger charge is -2.41. The van der Waals surface area contributed by atoms with Crippen LogP contribution in [-0.4, -0.2) is 52.3 Å². The van der Waals surface area contributed by atoms with Gasteiger partial charge in [0.15, 0.2) is 0 Å². The van der Waals surface area contributed by atoms with Crippen LogP contribution < -0.4 is 0 Å². The van der Waals surface area contributed by atoms with Crippen LogP contribution in [0.25, 0.3) is 11.1 Å². The molecule has 0 N–H and O–H groups in total. The first-order valence-corrected chi connectivity index (χ1v) is 10.2. The summed E-state index contributed by atoms with van der Waals surface area (Å²) in [6, 6.07) is 11.8. The van der Waals surface area contributed by atoms with E-state index in [1.54, 1.807) is 11.1 Å². The van der Waals surface area contributed by atoms with Gasteiger partial charge in [0.05, 0.1) is 0 Å². The molecule has 0 bridgehead atoms. The molecule has 28 heavy (non-hydrogen) atoms. The van der Waals surface area contributed by atoms with Gasteiger partial charge in [-0.2, -0.15) is 0 Å². The van der Waals surface area contributed by atoms with E-state index >= 15 is 0 Å². The molecule has 1 aromatic carbocycles. The molecule has 148 valence electrons. The number of carbonyl (C=O) groups excluding carboxylic acids is 2. The predicted octanol–water partition coefficient (Wildman–Crippen LogP) is 3.54. The van der Waals surface area contributed by atoms with Gasteiger partial charge in [0.1, 0.15) is 6.04 Å². The third-order valence-corrected chi connectivity index (χ3v) is 5.24. The minimum absolute atomic E-state index is 0.0777. The quantitative estimate of drug-likeness (QED) is 0.739. The lowest BCUT2D eigenvalue weighted by atomic mass is 9.98. The first-order chi connectivity index (χ1) is 13.6. The number of carbonyl (C=O) groups is 2. The van der Waals surface area contributed by atoms with E-state index in [4.69, 9.17) is 0 Å². The fraction of sp³-hybridized carbons (Fsp3) is 0.435. The third kappa shape index (κ3) is 4.58. The highest BCUT2D eigenvalue weighted by atomic mass is 16.2. The van der Waals surface area contributed by atoms with E-state index in [0.29, 0.717) is 25.9 Å². The van der Waals surface area contributed by atoms with Crippen LogP contribution in [0.3, 0.4) is 0 Å². The molecule has 2 aromatic rings. The van der Waals surface area contributed by atoms with Crippen molar-refractivity contribution in [3.63, 3.8) is 0 Å². The molecule has 0 unspecified atom stereocenters. The monoisotopic (exact) mass is 379 g/mol. The average Bonchev–Trinajstić information content (AvgIpc) is 2.72. The minimum Gasteiger partial charge on any atom is -0.339 e. The van der Waals surface area contributed by atoms with Crippen molar-refractivity contribution in [2.75, 3.05) is 19.6 Å².